The predicted octanol–water partition coefficient (Wildman–Crippen LogP) is -0.571. The molecule has 1 amide bonds. The SMILES string of the molecule is CCN(CC)C(=O)CN(CC(=O)O)C1CCS(=O)(=O)C1. The predicted molar refractivity (Wildman–Crippen MR) is 74.2 cm³/mol. The van der Waals surface area contributed by atoms with Crippen LogP contribution in [0.1, 0.15) is 20.3 Å². The fraction of sp³-hybridized carbons (Fsp3) is 0.833. The summed E-state index contributed by atoms with van der Waals surface area (Å²) in [5.74, 6) is -1.22. The molecule has 1 unspecified atom stereocenters. The van der Waals surface area contributed by atoms with E-state index in [9.17, 15) is 18.0 Å². The van der Waals surface area contributed by atoms with Gasteiger partial charge in [-0.25, -0.2) is 8.42 Å². The average Bonchev–Trinajstić information content (AvgIpc) is 2.70. The van der Waals surface area contributed by atoms with Gasteiger partial charge in [0.25, 0.3) is 0 Å². The van der Waals surface area contributed by atoms with Gasteiger partial charge in [-0.05, 0) is 20.3 Å². The number of likely N-dealkylation sites (N-methyl/N-ethyl adjacent to an activating group) is 1. The Morgan fingerprint density at radius 3 is 2.20 bits per heavy atom. The van der Waals surface area contributed by atoms with Crippen molar-refractivity contribution in [2.75, 3.05) is 37.7 Å². The molecule has 0 aromatic heterocycles. The summed E-state index contributed by atoms with van der Waals surface area (Å²) < 4.78 is 23.0. The van der Waals surface area contributed by atoms with Gasteiger partial charge in [-0.15, -0.1) is 0 Å². The van der Waals surface area contributed by atoms with E-state index in [0.717, 1.165) is 0 Å². The summed E-state index contributed by atoms with van der Waals surface area (Å²) in [5.41, 5.74) is 0. The molecule has 0 saturated carbocycles. The van der Waals surface area contributed by atoms with Crippen molar-refractivity contribution in [3.05, 3.63) is 0 Å². The molecule has 8 heteroatoms. The summed E-state index contributed by atoms with van der Waals surface area (Å²) in [6.07, 6.45) is 0.390. The van der Waals surface area contributed by atoms with E-state index in [4.69, 9.17) is 5.11 Å². The topological polar surface area (TPSA) is 95.0 Å². The lowest BCUT2D eigenvalue weighted by Gasteiger charge is -2.28. The summed E-state index contributed by atoms with van der Waals surface area (Å²) in [6.45, 7) is 4.45. The molecule has 1 heterocycles. The molecule has 20 heavy (non-hydrogen) atoms. The van der Waals surface area contributed by atoms with Gasteiger partial charge in [0, 0.05) is 19.1 Å². The summed E-state index contributed by atoms with van der Waals surface area (Å²) >= 11 is 0. The molecule has 1 saturated heterocycles. The zero-order valence-electron chi connectivity index (χ0n) is 11.9. The molecule has 0 aromatic carbocycles. The molecule has 1 aliphatic rings. The number of hydrogen-bond donors (Lipinski definition) is 1. The van der Waals surface area contributed by atoms with Gasteiger partial charge in [0.05, 0.1) is 24.6 Å². The van der Waals surface area contributed by atoms with E-state index in [2.05, 4.69) is 0 Å². The average molecular weight is 306 g/mol. The van der Waals surface area contributed by atoms with Crippen LogP contribution in [0.4, 0.5) is 0 Å². The molecule has 1 N–H and O–H groups in total. The van der Waals surface area contributed by atoms with Crippen LogP contribution in [0.25, 0.3) is 0 Å². The fourth-order valence-electron chi connectivity index (χ4n) is 2.40. The maximum atomic E-state index is 12.1. The zero-order valence-corrected chi connectivity index (χ0v) is 12.7. The highest BCUT2D eigenvalue weighted by Gasteiger charge is 2.34. The Balaban J connectivity index is 2.75. The maximum Gasteiger partial charge on any atom is 0.317 e. The molecule has 0 bridgehead atoms. The Morgan fingerprint density at radius 1 is 1.20 bits per heavy atom. The third-order valence-corrected chi connectivity index (χ3v) is 5.27. The first kappa shape index (κ1) is 16.9. The number of nitrogens with zero attached hydrogens (tertiary/aromatic N) is 2. The molecule has 1 fully saturated rings. The minimum absolute atomic E-state index is 0.0475. The lowest BCUT2D eigenvalue weighted by molar-refractivity contribution is -0.140. The van der Waals surface area contributed by atoms with Gasteiger partial charge in [-0.3, -0.25) is 14.5 Å². The van der Waals surface area contributed by atoms with Crippen molar-refractivity contribution in [2.24, 2.45) is 0 Å². The van der Waals surface area contributed by atoms with Crippen molar-refractivity contribution in [1.82, 2.24) is 9.80 Å². The second-order valence-electron chi connectivity index (χ2n) is 4.92. The van der Waals surface area contributed by atoms with Crippen LogP contribution >= 0.6 is 0 Å². The second kappa shape index (κ2) is 7.03. The van der Waals surface area contributed by atoms with Gasteiger partial charge in [0.15, 0.2) is 9.84 Å². The number of sulfone groups is 1. The van der Waals surface area contributed by atoms with E-state index in [1.54, 1.807) is 4.90 Å². The smallest absolute Gasteiger partial charge is 0.317 e. The minimum Gasteiger partial charge on any atom is -0.480 e. The third kappa shape index (κ3) is 4.75. The Kier molecular flexibility index (Phi) is 5.94. The number of rotatable bonds is 7. The Labute approximate surface area is 119 Å². The quantitative estimate of drug-likeness (QED) is 0.677. The number of aliphatic carboxylic acids is 1. The lowest BCUT2D eigenvalue weighted by atomic mass is 10.2. The number of hydrogen-bond acceptors (Lipinski definition) is 5. The van der Waals surface area contributed by atoms with E-state index in [1.165, 1.54) is 4.90 Å². The molecular weight excluding hydrogens is 284 g/mol. The first-order valence-corrected chi connectivity index (χ1v) is 8.55. The van der Waals surface area contributed by atoms with Crippen molar-refractivity contribution < 1.29 is 23.1 Å². The number of carboxylic acids is 1. The van der Waals surface area contributed by atoms with E-state index in [-0.39, 0.29) is 36.5 Å². The standard InChI is InChI=1S/C12H22N2O5S/c1-3-13(4-2)11(15)7-14(8-12(16)17)10-5-6-20(18,19)9-10/h10H,3-9H2,1-2H3,(H,16,17). The third-order valence-electron chi connectivity index (χ3n) is 3.52. The number of carbonyl (C=O) groups is 2. The van der Waals surface area contributed by atoms with E-state index in [1.807, 2.05) is 13.8 Å². The maximum absolute atomic E-state index is 12.1. The van der Waals surface area contributed by atoms with Crippen LogP contribution in [0, 0.1) is 0 Å². The second-order valence-corrected chi connectivity index (χ2v) is 7.15. The highest BCUT2D eigenvalue weighted by Crippen LogP contribution is 2.17. The monoisotopic (exact) mass is 306 g/mol. The molecule has 1 rings (SSSR count). The van der Waals surface area contributed by atoms with Crippen molar-refractivity contribution in [1.29, 1.82) is 0 Å². The number of amides is 1. The highest BCUT2D eigenvalue weighted by molar-refractivity contribution is 7.91. The van der Waals surface area contributed by atoms with Gasteiger partial charge in [-0.2, -0.15) is 0 Å². The first-order valence-electron chi connectivity index (χ1n) is 6.73. The fourth-order valence-corrected chi connectivity index (χ4v) is 4.16. The molecule has 0 spiro atoms. The lowest BCUT2D eigenvalue weighted by Crippen LogP contribution is -2.47. The van der Waals surface area contributed by atoms with Gasteiger partial charge in [0.1, 0.15) is 0 Å². The van der Waals surface area contributed by atoms with Crippen LogP contribution < -0.4 is 0 Å². The van der Waals surface area contributed by atoms with Crippen LogP contribution in [0.5, 0.6) is 0 Å². The zero-order chi connectivity index (χ0) is 15.3. The van der Waals surface area contributed by atoms with Crippen molar-refractivity contribution in [3.63, 3.8) is 0 Å². The number of carbonyl (C=O) groups excluding carboxylic acids is 1. The summed E-state index contributed by atoms with van der Waals surface area (Å²) in [4.78, 5) is 26.0. The van der Waals surface area contributed by atoms with Gasteiger partial charge < -0.3 is 10.0 Å². The minimum atomic E-state index is -3.10. The van der Waals surface area contributed by atoms with E-state index in [0.29, 0.717) is 19.5 Å². The van der Waals surface area contributed by atoms with Crippen LogP contribution in [0.3, 0.4) is 0 Å². The van der Waals surface area contributed by atoms with Crippen LogP contribution in [-0.4, -0.2) is 78.9 Å². The number of carboxylic acid groups (broad SMARTS) is 1. The molecule has 1 atom stereocenters. The van der Waals surface area contributed by atoms with Crippen molar-refractivity contribution >= 4 is 21.7 Å². The molecule has 7 nitrogen and oxygen atoms in total. The van der Waals surface area contributed by atoms with Crippen molar-refractivity contribution in [2.45, 2.75) is 26.3 Å². The molecule has 0 radical (unpaired) electrons. The molecule has 0 aromatic rings. The first-order chi connectivity index (χ1) is 9.29. The van der Waals surface area contributed by atoms with Gasteiger partial charge in [0.2, 0.25) is 5.91 Å². The largest absolute Gasteiger partial charge is 0.480 e. The summed E-state index contributed by atoms with van der Waals surface area (Å²) in [6, 6.07) is -0.379. The molecule has 1 aliphatic heterocycles. The van der Waals surface area contributed by atoms with E-state index >= 15 is 0 Å². The Hall–Kier alpha value is -1.15. The van der Waals surface area contributed by atoms with Gasteiger partial charge >= 0.3 is 5.97 Å². The normalized spacial score (nSPS) is 21.1. The van der Waals surface area contributed by atoms with E-state index < -0.39 is 15.8 Å². The van der Waals surface area contributed by atoms with Gasteiger partial charge in [-0.1, -0.05) is 0 Å². The highest BCUT2D eigenvalue weighted by atomic mass is 32.2. The molecular formula is C12H22N2O5S. The molecule has 0 aliphatic carbocycles. The summed E-state index contributed by atoms with van der Waals surface area (Å²) in [5, 5.41) is 8.92. The Morgan fingerprint density at radius 2 is 1.80 bits per heavy atom. The summed E-state index contributed by atoms with van der Waals surface area (Å²) in [7, 11) is -3.10. The van der Waals surface area contributed by atoms with Crippen LogP contribution in [0.15, 0.2) is 0 Å². The molecule has 116 valence electrons. The Bertz CT molecular complexity index is 458. The van der Waals surface area contributed by atoms with Crippen LogP contribution in [-0.2, 0) is 19.4 Å². The van der Waals surface area contributed by atoms with Crippen molar-refractivity contribution in [3.8, 4) is 0 Å². The van der Waals surface area contributed by atoms with Crippen LogP contribution in [0.2, 0.25) is 0 Å².